The first-order valence-electron chi connectivity index (χ1n) is 7.17. The second-order valence-corrected chi connectivity index (χ2v) is 6.32. The van der Waals surface area contributed by atoms with Crippen LogP contribution < -0.4 is 5.32 Å². The Hall–Kier alpha value is -1.56. The third kappa shape index (κ3) is 7.13. The number of amides is 1. The second kappa shape index (κ2) is 7.45. The first-order chi connectivity index (χ1) is 9.69. The Morgan fingerprint density at radius 1 is 1.38 bits per heavy atom. The van der Waals surface area contributed by atoms with Crippen LogP contribution in [0.4, 0.5) is 4.79 Å². The molecule has 0 radical (unpaired) electrons. The molecule has 1 aliphatic heterocycles. The van der Waals surface area contributed by atoms with Crippen molar-refractivity contribution in [2.24, 2.45) is 0 Å². The number of carbonyl (C=O) groups is 2. The minimum Gasteiger partial charge on any atom is -0.481 e. The van der Waals surface area contributed by atoms with E-state index < -0.39 is 23.8 Å². The molecule has 3 atom stereocenters. The Kier molecular flexibility index (Phi) is 6.20. The maximum Gasteiger partial charge on any atom is 0.407 e. The van der Waals surface area contributed by atoms with E-state index in [2.05, 4.69) is 11.9 Å². The van der Waals surface area contributed by atoms with Crippen LogP contribution in [0.1, 0.15) is 46.5 Å². The van der Waals surface area contributed by atoms with Crippen molar-refractivity contribution < 1.29 is 24.2 Å². The fourth-order valence-corrected chi connectivity index (χ4v) is 2.37. The summed E-state index contributed by atoms with van der Waals surface area (Å²) in [6.45, 7) is 9.05. The van der Waals surface area contributed by atoms with Gasteiger partial charge in [0.25, 0.3) is 0 Å². The molecule has 1 aliphatic rings. The van der Waals surface area contributed by atoms with Gasteiger partial charge in [0, 0.05) is 6.04 Å². The second-order valence-electron chi connectivity index (χ2n) is 6.32. The molecule has 1 heterocycles. The van der Waals surface area contributed by atoms with Gasteiger partial charge in [0.1, 0.15) is 5.60 Å². The largest absolute Gasteiger partial charge is 0.481 e. The fourth-order valence-electron chi connectivity index (χ4n) is 2.37. The van der Waals surface area contributed by atoms with Gasteiger partial charge in [-0.3, -0.25) is 4.79 Å². The summed E-state index contributed by atoms with van der Waals surface area (Å²) in [6, 6.07) is -0.150. The van der Waals surface area contributed by atoms with E-state index in [1.54, 1.807) is 26.8 Å². The zero-order valence-electron chi connectivity index (χ0n) is 12.9. The minimum atomic E-state index is -0.907. The first-order valence-corrected chi connectivity index (χ1v) is 7.17. The number of carboxylic acids is 1. The highest BCUT2D eigenvalue weighted by atomic mass is 16.6. The van der Waals surface area contributed by atoms with Crippen LogP contribution in [0.3, 0.4) is 0 Å². The summed E-state index contributed by atoms with van der Waals surface area (Å²) in [6.07, 6.45) is 2.38. The summed E-state index contributed by atoms with van der Waals surface area (Å²) < 4.78 is 10.9. The van der Waals surface area contributed by atoms with Crippen LogP contribution in [0.5, 0.6) is 0 Å². The molecule has 1 saturated heterocycles. The Morgan fingerprint density at radius 3 is 2.52 bits per heavy atom. The van der Waals surface area contributed by atoms with Crippen LogP contribution in [-0.2, 0) is 14.3 Å². The zero-order valence-corrected chi connectivity index (χ0v) is 12.9. The van der Waals surface area contributed by atoms with Gasteiger partial charge in [-0.05, 0) is 40.0 Å². The predicted octanol–water partition coefficient (Wildman–Crippen LogP) is 2.48. The molecule has 120 valence electrons. The molecule has 21 heavy (non-hydrogen) atoms. The molecule has 6 heteroatoms. The van der Waals surface area contributed by atoms with Gasteiger partial charge in [-0.25, -0.2) is 4.79 Å². The van der Waals surface area contributed by atoms with E-state index in [1.165, 1.54) is 0 Å². The van der Waals surface area contributed by atoms with Gasteiger partial charge in [0.2, 0.25) is 0 Å². The number of ether oxygens (including phenoxy) is 2. The Bertz CT molecular complexity index is 388. The molecule has 0 aromatic carbocycles. The Morgan fingerprint density at radius 2 is 2.00 bits per heavy atom. The lowest BCUT2D eigenvalue weighted by Crippen LogP contribution is -2.47. The molecule has 1 rings (SSSR count). The molecule has 0 aliphatic carbocycles. The van der Waals surface area contributed by atoms with Crippen molar-refractivity contribution in [3.63, 3.8) is 0 Å². The lowest BCUT2D eigenvalue weighted by molar-refractivity contribution is -0.143. The molecule has 1 amide bonds. The highest BCUT2D eigenvalue weighted by Crippen LogP contribution is 2.24. The van der Waals surface area contributed by atoms with E-state index in [4.69, 9.17) is 14.6 Å². The van der Waals surface area contributed by atoms with E-state index in [0.29, 0.717) is 19.3 Å². The number of hydrogen-bond donors (Lipinski definition) is 2. The van der Waals surface area contributed by atoms with E-state index in [0.717, 1.165) is 0 Å². The highest BCUT2D eigenvalue weighted by Gasteiger charge is 2.32. The van der Waals surface area contributed by atoms with Crippen molar-refractivity contribution in [2.45, 2.75) is 70.3 Å². The van der Waals surface area contributed by atoms with Crippen LogP contribution in [0, 0.1) is 0 Å². The van der Waals surface area contributed by atoms with Crippen LogP contribution in [-0.4, -0.2) is 41.0 Å². The van der Waals surface area contributed by atoms with Crippen LogP contribution in [0.15, 0.2) is 12.7 Å². The summed E-state index contributed by atoms with van der Waals surface area (Å²) in [5.74, 6) is -0.907. The average Bonchev–Trinajstić information content (AvgIpc) is 2.24. The topological polar surface area (TPSA) is 84.9 Å². The molecule has 0 aromatic heterocycles. The van der Waals surface area contributed by atoms with Crippen molar-refractivity contribution in [3.05, 3.63) is 12.7 Å². The number of rotatable bonds is 5. The number of hydrogen-bond acceptors (Lipinski definition) is 4. The third-order valence-electron chi connectivity index (χ3n) is 3.03. The smallest absolute Gasteiger partial charge is 0.407 e. The monoisotopic (exact) mass is 299 g/mol. The predicted molar refractivity (Wildman–Crippen MR) is 78.1 cm³/mol. The lowest BCUT2D eigenvalue weighted by Gasteiger charge is -2.35. The molecule has 6 nitrogen and oxygen atoms in total. The third-order valence-corrected chi connectivity index (χ3v) is 3.03. The van der Waals surface area contributed by atoms with E-state index in [-0.39, 0.29) is 18.6 Å². The van der Waals surface area contributed by atoms with Crippen molar-refractivity contribution in [2.75, 3.05) is 0 Å². The first kappa shape index (κ1) is 17.5. The van der Waals surface area contributed by atoms with Crippen LogP contribution >= 0.6 is 0 Å². The van der Waals surface area contributed by atoms with Gasteiger partial charge in [0.15, 0.2) is 0 Å². The van der Waals surface area contributed by atoms with Gasteiger partial charge in [-0.1, -0.05) is 6.08 Å². The SMILES string of the molecule is C=CC[C@@H]1C[C@@H](NC(=O)OC(C)(C)C)C[C@H](CC(=O)O)O1. The zero-order chi connectivity index (χ0) is 16.0. The summed E-state index contributed by atoms with van der Waals surface area (Å²) >= 11 is 0. The molecule has 0 unspecified atom stereocenters. The standard InChI is InChI=1S/C15H25NO5/c1-5-6-11-7-10(8-12(20-11)9-13(17)18)16-14(19)21-15(2,3)4/h5,10-12H,1,6-9H2,2-4H3,(H,16,19)(H,17,18)/t10-,11-,12-/m1/s1. The molecule has 0 bridgehead atoms. The molecule has 1 fully saturated rings. The maximum atomic E-state index is 11.8. The van der Waals surface area contributed by atoms with Crippen LogP contribution in [0.25, 0.3) is 0 Å². The lowest BCUT2D eigenvalue weighted by atomic mass is 9.95. The Labute approximate surface area is 125 Å². The average molecular weight is 299 g/mol. The quantitative estimate of drug-likeness (QED) is 0.762. The minimum absolute atomic E-state index is 0.0693. The normalized spacial score (nSPS) is 26.0. The van der Waals surface area contributed by atoms with E-state index in [9.17, 15) is 9.59 Å². The van der Waals surface area contributed by atoms with Gasteiger partial charge >= 0.3 is 12.1 Å². The van der Waals surface area contributed by atoms with E-state index in [1.807, 2.05) is 0 Å². The highest BCUT2D eigenvalue weighted by molar-refractivity contribution is 5.68. The van der Waals surface area contributed by atoms with E-state index >= 15 is 0 Å². The Balaban J connectivity index is 2.60. The summed E-state index contributed by atoms with van der Waals surface area (Å²) in [4.78, 5) is 22.6. The molecule has 0 saturated carbocycles. The molecular formula is C15H25NO5. The van der Waals surface area contributed by atoms with Gasteiger partial charge in [0.05, 0.1) is 18.6 Å². The van der Waals surface area contributed by atoms with Gasteiger partial charge in [-0.2, -0.15) is 0 Å². The molecule has 0 spiro atoms. The summed E-state index contributed by atoms with van der Waals surface area (Å²) in [7, 11) is 0. The van der Waals surface area contributed by atoms with Gasteiger partial charge in [-0.15, -0.1) is 6.58 Å². The van der Waals surface area contributed by atoms with Crippen molar-refractivity contribution in [3.8, 4) is 0 Å². The summed E-state index contributed by atoms with van der Waals surface area (Å²) in [5.41, 5.74) is -0.559. The van der Waals surface area contributed by atoms with Gasteiger partial charge < -0.3 is 19.9 Å². The van der Waals surface area contributed by atoms with Crippen molar-refractivity contribution in [1.29, 1.82) is 0 Å². The number of alkyl carbamates (subject to hydrolysis) is 1. The fraction of sp³-hybridized carbons (Fsp3) is 0.733. The molecule has 2 N–H and O–H groups in total. The molecular weight excluding hydrogens is 274 g/mol. The maximum absolute atomic E-state index is 11.8. The number of carbonyl (C=O) groups excluding carboxylic acids is 1. The van der Waals surface area contributed by atoms with Crippen molar-refractivity contribution >= 4 is 12.1 Å². The number of nitrogens with one attached hydrogen (secondary N) is 1. The van der Waals surface area contributed by atoms with Crippen molar-refractivity contribution in [1.82, 2.24) is 5.32 Å². The molecule has 0 aromatic rings. The number of aliphatic carboxylic acids is 1. The number of carboxylic acid groups (broad SMARTS) is 1. The summed E-state index contributed by atoms with van der Waals surface area (Å²) in [5, 5.41) is 11.7. The van der Waals surface area contributed by atoms with Crippen LogP contribution in [0.2, 0.25) is 0 Å².